The molecule has 0 atom stereocenters. The van der Waals surface area contributed by atoms with Crippen LogP contribution in [0.3, 0.4) is 0 Å². The summed E-state index contributed by atoms with van der Waals surface area (Å²) in [5.74, 6) is -0.312. The third-order valence-electron chi connectivity index (χ3n) is 4.33. The van der Waals surface area contributed by atoms with E-state index >= 15 is 0 Å². The van der Waals surface area contributed by atoms with Gasteiger partial charge < -0.3 is 4.42 Å². The maximum atomic E-state index is 14.7. The van der Waals surface area contributed by atoms with E-state index in [1.165, 1.54) is 6.07 Å². The van der Waals surface area contributed by atoms with Gasteiger partial charge in [-0.3, -0.25) is 0 Å². The van der Waals surface area contributed by atoms with Gasteiger partial charge in [-0.1, -0.05) is 0 Å². The van der Waals surface area contributed by atoms with Gasteiger partial charge in [-0.25, -0.2) is 8.96 Å². The Balaban J connectivity index is 2.19. The summed E-state index contributed by atoms with van der Waals surface area (Å²) in [6, 6.07) is 14.6. The molecule has 0 unspecified atom stereocenters. The van der Waals surface area contributed by atoms with Gasteiger partial charge >= 0.3 is 0 Å². The molecular weight excluding hydrogens is 303 g/mol. The summed E-state index contributed by atoms with van der Waals surface area (Å²) >= 11 is 0. The normalized spacial score (nSPS) is 11.1. The Morgan fingerprint density at radius 3 is 2.75 bits per heavy atom. The quantitative estimate of drug-likeness (QED) is 0.488. The van der Waals surface area contributed by atoms with Crippen molar-refractivity contribution in [3.05, 3.63) is 65.6 Å². The Labute approximate surface area is 138 Å². The van der Waals surface area contributed by atoms with E-state index in [0.29, 0.717) is 27.5 Å². The average Bonchev–Trinajstić information content (AvgIpc) is 2.94. The van der Waals surface area contributed by atoms with Crippen LogP contribution in [0.2, 0.25) is 0 Å². The number of hydrogen-bond acceptors (Lipinski definition) is 2. The van der Waals surface area contributed by atoms with Crippen molar-refractivity contribution in [3.63, 3.8) is 0 Å². The average molecular weight is 317 g/mol. The number of nitrogens with zero attached hydrogens (tertiary/aromatic N) is 2. The molecule has 2 heterocycles. The molecule has 116 valence electrons. The van der Waals surface area contributed by atoms with Crippen LogP contribution < -0.4 is 4.57 Å². The third-order valence-corrected chi connectivity index (χ3v) is 4.33. The lowest BCUT2D eigenvalue weighted by atomic mass is 10.00. The fourth-order valence-corrected chi connectivity index (χ4v) is 3.19. The van der Waals surface area contributed by atoms with E-state index in [2.05, 4.69) is 6.07 Å². The van der Waals surface area contributed by atoms with Crippen LogP contribution in [0.15, 0.2) is 53.1 Å². The molecule has 0 spiro atoms. The van der Waals surface area contributed by atoms with E-state index in [1.54, 1.807) is 18.2 Å². The molecule has 0 aliphatic heterocycles. The molecule has 0 saturated heterocycles. The van der Waals surface area contributed by atoms with Crippen molar-refractivity contribution in [1.29, 1.82) is 5.26 Å². The highest BCUT2D eigenvalue weighted by molar-refractivity contribution is 6.10. The second kappa shape index (κ2) is 5.17. The van der Waals surface area contributed by atoms with E-state index in [4.69, 9.17) is 9.68 Å². The van der Waals surface area contributed by atoms with Gasteiger partial charge in [0.05, 0.1) is 22.6 Å². The molecule has 2 aromatic carbocycles. The van der Waals surface area contributed by atoms with Gasteiger partial charge in [0.15, 0.2) is 11.8 Å². The van der Waals surface area contributed by atoms with Crippen LogP contribution in [0.5, 0.6) is 0 Å². The molecule has 2 aromatic heterocycles. The number of halogens is 1. The van der Waals surface area contributed by atoms with E-state index in [1.807, 2.05) is 42.9 Å². The van der Waals surface area contributed by atoms with Gasteiger partial charge in [-0.15, -0.1) is 0 Å². The Kier molecular flexibility index (Phi) is 3.10. The molecule has 0 amide bonds. The van der Waals surface area contributed by atoms with Crippen LogP contribution in [-0.4, -0.2) is 0 Å². The van der Waals surface area contributed by atoms with Crippen molar-refractivity contribution < 1.29 is 13.4 Å². The lowest BCUT2D eigenvalue weighted by Crippen LogP contribution is -2.30. The van der Waals surface area contributed by atoms with Gasteiger partial charge in [-0.2, -0.15) is 5.26 Å². The fraction of sp³-hybridized carbons (Fsp3) is 0.100. The first-order valence-electron chi connectivity index (χ1n) is 7.60. The maximum absolute atomic E-state index is 14.7. The molecule has 0 N–H and O–H groups in total. The summed E-state index contributed by atoms with van der Waals surface area (Å²) in [6.07, 6.45) is 1.94. The minimum atomic E-state index is -0.312. The number of hydrogen-bond donors (Lipinski definition) is 0. The van der Waals surface area contributed by atoms with Crippen LogP contribution in [0.4, 0.5) is 4.39 Å². The fourth-order valence-electron chi connectivity index (χ4n) is 3.19. The molecule has 3 nitrogen and oxygen atoms in total. The number of pyridine rings is 1. The van der Waals surface area contributed by atoms with Crippen molar-refractivity contribution in [2.24, 2.45) is 7.05 Å². The summed E-state index contributed by atoms with van der Waals surface area (Å²) in [6.45, 7) is 1.87. The van der Waals surface area contributed by atoms with Gasteiger partial charge in [0.1, 0.15) is 18.4 Å². The van der Waals surface area contributed by atoms with Crippen LogP contribution >= 0.6 is 0 Å². The monoisotopic (exact) mass is 317 g/mol. The first-order valence-corrected chi connectivity index (χ1v) is 7.60. The summed E-state index contributed by atoms with van der Waals surface area (Å²) in [5.41, 5.74) is 4.14. The van der Waals surface area contributed by atoms with E-state index in [-0.39, 0.29) is 5.82 Å². The highest BCUT2D eigenvalue weighted by Gasteiger charge is 2.23. The highest BCUT2D eigenvalue weighted by atomic mass is 19.1. The van der Waals surface area contributed by atoms with Crippen LogP contribution in [0.25, 0.3) is 33.2 Å². The van der Waals surface area contributed by atoms with E-state index < -0.39 is 0 Å². The predicted molar refractivity (Wildman–Crippen MR) is 89.7 cm³/mol. The van der Waals surface area contributed by atoms with Gasteiger partial charge in [0.25, 0.3) is 0 Å². The molecule has 0 radical (unpaired) electrons. The molecule has 0 aliphatic rings. The molecular formula is C20H14FN2O+. The molecule has 0 bridgehead atoms. The minimum Gasteiger partial charge on any atom is -0.455 e. The molecule has 4 rings (SSSR count). The zero-order valence-corrected chi connectivity index (χ0v) is 13.3. The minimum absolute atomic E-state index is 0.312. The lowest BCUT2D eigenvalue weighted by Gasteiger charge is -2.06. The van der Waals surface area contributed by atoms with Crippen molar-refractivity contribution in [2.45, 2.75) is 6.92 Å². The summed E-state index contributed by atoms with van der Waals surface area (Å²) in [4.78, 5) is 0. The number of rotatable bonds is 1. The van der Waals surface area contributed by atoms with E-state index in [9.17, 15) is 4.39 Å². The molecule has 4 aromatic rings. The maximum Gasteiger partial charge on any atom is 0.216 e. The van der Waals surface area contributed by atoms with Gasteiger partial charge in [-0.05, 0) is 42.8 Å². The summed E-state index contributed by atoms with van der Waals surface area (Å²) in [7, 11) is 1.94. The zero-order valence-electron chi connectivity index (χ0n) is 13.3. The molecule has 0 fully saturated rings. The first kappa shape index (κ1) is 14.4. The Morgan fingerprint density at radius 2 is 2.00 bits per heavy atom. The smallest absolute Gasteiger partial charge is 0.216 e. The first-order chi connectivity index (χ1) is 11.6. The molecule has 0 saturated carbocycles. The number of benzene rings is 2. The summed E-state index contributed by atoms with van der Waals surface area (Å²) < 4.78 is 22.6. The van der Waals surface area contributed by atoms with Crippen molar-refractivity contribution in [3.8, 4) is 17.3 Å². The van der Waals surface area contributed by atoms with Crippen molar-refractivity contribution in [2.75, 3.05) is 0 Å². The second-order valence-electron chi connectivity index (χ2n) is 5.88. The van der Waals surface area contributed by atoms with Gasteiger partial charge in [0, 0.05) is 17.5 Å². The Morgan fingerprint density at radius 1 is 1.17 bits per heavy atom. The van der Waals surface area contributed by atoms with E-state index in [0.717, 1.165) is 16.8 Å². The standard InChI is InChI=1S/C20H14FN2O/c1-12-9-15(21)19-14-7-6-13(11-22)10-17(14)24-20(19)18(12)16-5-3-4-8-23(16)2/h3-10H,1-2H3/q+1. The number of furan rings is 1. The Bertz CT molecular complexity index is 1150. The third kappa shape index (κ3) is 1.99. The summed E-state index contributed by atoms with van der Waals surface area (Å²) in [5, 5.41) is 10.2. The second-order valence-corrected chi connectivity index (χ2v) is 5.88. The number of fused-ring (bicyclic) bond motifs is 3. The molecule has 24 heavy (non-hydrogen) atoms. The number of aromatic nitrogens is 1. The van der Waals surface area contributed by atoms with Crippen LogP contribution in [0, 0.1) is 24.1 Å². The van der Waals surface area contributed by atoms with Crippen molar-refractivity contribution >= 4 is 21.9 Å². The number of aryl methyl sites for hydroxylation is 2. The topological polar surface area (TPSA) is 40.8 Å². The molecule has 4 heteroatoms. The largest absolute Gasteiger partial charge is 0.455 e. The molecule has 0 aliphatic carbocycles. The SMILES string of the molecule is Cc1cc(F)c2c(oc3cc(C#N)ccc32)c1-c1cccc[n+]1C. The highest BCUT2D eigenvalue weighted by Crippen LogP contribution is 2.38. The predicted octanol–water partition coefficient (Wildman–Crippen LogP) is 4.40. The number of nitriles is 1. The van der Waals surface area contributed by atoms with Crippen LogP contribution in [0.1, 0.15) is 11.1 Å². The van der Waals surface area contributed by atoms with Crippen molar-refractivity contribution in [1.82, 2.24) is 0 Å². The van der Waals surface area contributed by atoms with Crippen LogP contribution in [-0.2, 0) is 7.05 Å². The zero-order chi connectivity index (χ0) is 16.8. The Hall–Kier alpha value is -3.19. The van der Waals surface area contributed by atoms with Gasteiger partial charge in [0.2, 0.25) is 5.69 Å². The lowest BCUT2D eigenvalue weighted by molar-refractivity contribution is -0.660.